The van der Waals surface area contributed by atoms with Crippen LogP contribution in [-0.2, 0) is 25.6 Å². The van der Waals surface area contributed by atoms with Crippen LogP contribution in [0.3, 0.4) is 0 Å². The smallest absolute Gasteiger partial charge is 0.422 e. The molecular formula is C28H34O5. The van der Waals surface area contributed by atoms with Crippen molar-refractivity contribution in [3.8, 4) is 0 Å². The van der Waals surface area contributed by atoms with E-state index in [0.717, 1.165) is 30.4 Å². The molecule has 0 amide bonds. The molecular weight excluding hydrogens is 416 g/mol. The van der Waals surface area contributed by atoms with Crippen LogP contribution in [0.1, 0.15) is 58.9 Å². The quantitative estimate of drug-likeness (QED) is 0.230. The van der Waals surface area contributed by atoms with Crippen molar-refractivity contribution in [1.82, 2.24) is 0 Å². The summed E-state index contributed by atoms with van der Waals surface area (Å²) in [6.07, 6.45) is 9.03. The van der Waals surface area contributed by atoms with Gasteiger partial charge in [-0.3, -0.25) is 0 Å². The molecule has 4 atom stereocenters. The fourth-order valence-corrected chi connectivity index (χ4v) is 6.37. The summed E-state index contributed by atoms with van der Waals surface area (Å²) in [6, 6.07) is 10.1. The Morgan fingerprint density at radius 1 is 1.06 bits per heavy atom. The molecule has 5 nitrogen and oxygen atoms in total. The van der Waals surface area contributed by atoms with Gasteiger partial charge in [-0.25, -0.2) is 4.79 Å². The molecule has 0 radical (unpaired) electrons. The summed E-state index contributed by atoms with van der Waals surface area (Å²) < 4.78 is 24.2. The van der Waals surface area contributed by atoms with Crippen molar-refractivity contribution in [2.75, 3.05) is 6.79 Å². The van der Waals surface area contributed by atoms with Gasteiger partial charge in [0.25, 0.3) is 0 Å². The first kappa shape index (κ1) is 22.4. The van der Waals surface area contributed by atoms with Gasteiger partial charge < -0.3 is 18.9 Å². The number of ether oxygens (including phenoxy) is 4. The van der Waals surface area contributed by atoms with Gasteiger partial charge in [0.2, 0.25) is 0 Å². The van der Waals surface area contributed by atoms with Crippen molar-refractivity contribution in [2.45, 2.75) is 77.8 Å². The van der Waals surface area contributed by atoms with Crippen molar-refractivity contribution >= 4 is 6.16 Å². The molecule has 33 heavy (non-hydrogen) atoms. The predicted molar refractivity (Wildman–Crippen MR) is 125 cm³/mol. The number of hydrogen-bond donors (Lipinski definition) is 0. The van der Waals surface area contributed by atoms with Crippen LogP contribution in [0.15, 0.2) is 65.3 Å². The Kier molecular flexibility index (Phi) is 5.53. The van der Waals surface area contributed by atoms with Crippen molar-refractivity contribution in [2.24, 2.45) is 10.8 Å². The molecule has 1 aromatic carbocycles. The van der Waals surface area contributed by atoms with Gasteiger partial charge in [0, 0.05) is 17.3 Å². The highest BCUT2D eigenvalue weighted by Gasteiger charge is 2.66. The number of fused-ring (bicyclic) bond motifs is 3. The van der Waals surface area contributed by atoms with Crippen molar-refractivity contribution < 1.29 is 23.7 Å². The van der Waals surface area contributed by atoms with Crippen molar-refractivity contribution in [3.05, 3.63) is 70.8 Å². The summed E-state index contributed by atoms with van der Waals surface area (Å²) in [6.45, 7) is 9.51. The normalized spacial score (nSPS) is 36.0. The largest absolute Gasteiger partial charge is 0.509 e. The topological polar surface area (TPSA) is 54.0 Å². The summed E-state index contributed by atoms with van der Waals surface area (Å²) >= 11 is 0. The second kappa shape index (κ2) is 8.14. The maximum absolute atomic E-state index is 12.5. The summed E-state index contributed by atoms with van der Waals surface area (Å²) in [5.41, 5.74) is 3.35. The summed E-state index contributed by atoms with van der Waals surface area (Å²) in [5, 5.41) is 0. The Balaban J connectivity index is 1.44. The fourth-order valence-electron chi connectivity index (χ4n) is 6.37. The number of benzene rings is 1. The minimum absolute atomic E-state index is 0.0345. The van der Waals surface area contributed by atoms with Crippen molar-refractivity contribution in [3.63, 3.8) is 0 Å². The third-order valence-corrected chi connectivity index (χ3v) is 8.41. The van der Waals surface area contributed by atoms with E-state index in [2.05, 4.69) is 45.9 Å². The van der Waals surface area contributed by atoms with E-state index in [1.807, 2.05) is 30.3 Å². The summed E-state index contributed by atoms with van der Waals surface area (Å²) in [7, 11) is 0. The fraction of sp³-hybridized carbons (Fsp3) is 0.536. The standard InChI is InChI=1S/C28H34O5/c1-19-13-16-28-24(32-25(29)33-28)22-11-8-12-23(27(22,4)15-14-21(19)26(28,2)3)31-18-30-17-20-9-6-5-7-10-20/h5-7,9-11,13-14,23-24H,8,12,15-18H2,1-4H3/b21-14-/t23-,24-,27-,28+/m0/s1. The maximum Gasteiger partial charge on any atom is 0.509 e. The molecule has 1 spiro atoms. The third kappa shape index (κ3) is 3.48. The molecule has 3 aliphatic carbocycles. The molecule has 5 heteroatoms. The molecule has 2 bridgehead atoms. The molecule has 0 saturated carbocycles. The van der Waals surface area contributed by atoms with E-state index >= 15 is 0 Å². The Morgan fingerprint density at radius 3 is 2.64 bits per heavy atom. The Hall–Kier alpha value is -2.37. The van der Waals surface area contributed by atoms with Gasteiger partial charge >= 0.3 is 6.16 Å². The molecule has 4 aliphatic rings. The highest BCUT2D eigenvalue weighted by molar-refractivity contribution is 5.67. The Morgan fingerprint density at radius 2 is 1.85 bits per heavy atom. The molecule has 1 aromatic rings. The van der Waals surface area contributed by atoms with Gasteiger partial charge in [0.1, 0.15) is 6.79 Å². The van der Waals surface area contributed by atoms with Gasteiger partial charge in [-0.2, -0.15) is 0 Å². The predicted octanol–water partition coefficient (Wildman–Crippen LogP) is 6.25. The molecule has 1 fully saturated rings. The highest BCUT2D eigenvalue weighted by Crippen LogP contribution is 2.60. The lowest BCUT2D eigenvalue weighted by atomic mass is 9.54. The second-order valence-electron chi connectivity index (χ2n) is 10.5. The number of carbonyl (C=O) groups excluding carboxylic acids is 1. The Bertz CT molecular complexity index is 1020. The van der Waals surface area contributed by atoms with Crippen LogP contribution in [0.4, 0.5) is 4.79 Å². The van der Waals surface area contributed by atoms with E-state index in [4.69, 9.17) is 18.9 Å². The van der Waals surface area contributed by atoms with E-state index in [9.17, 15) is 4.79 Å². The molecule has 5 rings (SSSR count). The van der Waals surface area contributed by atoms with Crippen LogP contribution < -0.4 is 0 Å². The van der Waals surface area contributed by atoms with Gasteiger partial charge in [-0.05, 0) is 42.9 Å². The molecule has 0 unspecified atom stereocenters. The molecule has 176 valence electrons. The molecule has 0 N–H and O–H groups in total. The molecule has 1 aliphatic heterocycles. The van der Waals surface area contributed by atoms with Crippen LogP contribution >= 0.6 is 0 Å². The maximum atomic E-state index is 12.5. The van der Waals surface area contributed by atoms with Crippen LogP contribution in [0.5, 0.6) is 0 Å². The molecule has 1 heterocycles. The first-order valence-electron chi connectivity index (χ1n) is 12.0. The van der Waals surface area contributed by atoms with E-state index in [-0.39, 0.29) is 23.7 Å². The first-order chi connectivity index (χ1) is 15.8. The van der Waals surface area contributed by atoms with Crippen molar-refractivity contribution in [1.29, 1.82) is 0 Å². The van der Waals surface area contributed by atoms with E-state index < -0.39 is 17.9 Å². The van der Waals surface area contributed by atoms with E-state index in [0.29, 0.717) is 13.0 Å². The Labute approximate surface area is 196 Å². The average Bonchev–Trinajstić information content (AvgIpc) is 3.12. The van der Waals surface area contributed by atoms with E-state index in [1.54, 1.807) is 0 Å². The molecule has 1 saturated heterocycles. The number of allylic oxidation sites excluding steroid dienone is 3. The average molecular weight is 451 g/mol. The number of carbonyl (C=O) groups is 1. The SMILES string of the molecule is CC1=CC[C@@]23OC(=O)O[C@H]2C2=CCC[C@H](OCOCc4ccccc4)[C@@]2(C)C/C=C/1C3(C)C. The number of hydrogen-bond acceptors (Lipinski definition) is 5. The lowest BCUT2D eigenvalue weighted by Crippen LogP contribution is -2.59. The minimum atomic E-state index is -0.741. The molecule has 0 aromatic heterocycles. The van der Waals surface area contributed by atoms with Crippen LogP contribution in [-0.4, -0.2) is 30.8 Å². The van der Waals surface area contributed by atoms with Gasteiger partial charge in [0.15, 0.2) is 11.7 Å². The third-order valence-electron chi connectivity index (χ3n) is 8.41. The zero-order valence-corrected chi connectivity index (χ0v) is 20.1. The lowest BCUT2D eigenvalue weighted by Gasteiger charge is -2.54. The van der Waals surface area contributed by atoms with E-state index in [1.165, 1.54) is 11.1 Å². The van der Waals surface area contributed by atoms with Crippen LogP contribution in [0.25, 0.3) is 0 Å². The van der Waals surface area contributed by atoms with Gasteiger partial charge in [-0.1, -0.05) is 74.9 Å². The van der Waals surface area contributed by atoms with Crippen LogP contribution in [0.2, 0.25) is 0 Å². The first-order valence-corrected chi connectivity index (χ1v) is 12.0. The minimum Gasteiger partial charge on any atom is -0.422 e. The van der Waals surface area contributed by atoms with Gasteiger partial charge in [0.05, 0.1) is 12.7 Å². The zero-order valence-electron chi connectivity index (χ0n) is 20.1. The van der Waals surface area contributed by atoms with Gasteiger partial charge in [-0.15, -0.1) is 0 Å². The zero-order chi connectivity index (χ0) is 23.3. The second-order valence-corrected chi connectivity index (χ2v) is 10.5. The van der Waals surface area contributed by atoms with Crippen LogP contribution in [0, 0.1) is 10.8 Å². The monoisotopic (exact) mass is 450 g/mol. The summed E-state index contributed by atoms with van der Waals surface area (Å²) in [5.74, 6) is 0. The highest BCUT2D eigenvalue weighted by atomic mass is 16.8. The lowest BCUT2D eigenvalue weighted by molar-refractivity contribution is -0.136. The summed E-state index contributed by atoms with van der Waals surface area (Å²) in [4.78, 5) is 12.5. The number of rotatable bonds is 5.